The molecule has 1 saturated carbocycles. The number of benzene rings is 1. The van der Waals surface area contributed by atoms with Crippen LogP contribution in [0.1, 0.15) is 32.3 Å². The molecule has 1 unspecified atom stereocenters. The Hall–Kier alpha value is -2.41. The standard InChI is InChI=1S/C21H28N4O3/c1-15-12-23(13-16-6-4-3-5-7-16)10-11-24(15)18(26)14-25-19(27)21(2,17-8-9-17)22-20(25)28/h3-7,15,17H,8-14H2,1-2H3,(H,22,28)/t15-,21?/m1/s1. The summed E-state index contributed by atoms with van der Waals surface area (Å²) < 4.78 is 0. The van der Waals surface area contributed by atoms with E-state index in [-0.39, 0.29) is 30.3 Å². The zero-order chi connectivity index (χ0) is 19.9. The number of imide groups is 1. The Morgan fingerprint density at radius 2 is 1.89 bits per heavy atom. The zero-order valence-electron chi connectivity index (χ0n) is 16.6. The third-order valence-corrected chi connectivity index (χ3v) is 6.27. The van der Waals surface area contributed by atoms with Gasteiger partial charge in [0.05, 0.1) is 0 Å². The maximum atomic E-state index is 12.9. The van der Waals surface area contributed by atoms with E-state index < -0.39 is 11.6 Å². The van der Waals surface area contributed by atoms with Crippen LogP contribution in [0.15, 0.2) is 30.3 Å². The zero-order valence-corrected chi connectivity index (χ0v) is 16.6. The summed E-state index contributed by atoms with van der Waals surface area (Å²) in [6.45, 7) is 6.66. The molecule has 2 atom stereocenters. The van der Waals surface area contributed by atoms with Gasteiger partial charge in [-0.2, -0.15) is 0 Å². The van der Waals surface area contributed by atoms with Crippen molar-refractivity contribution < 1.29 is 14.4 Å². The summed E-state index contributed by atoms with van der Waals surface area (Å²) in [4.78, 5) is 43.1. The van der Waals surface area contributed by atoms with Gasteiger partial charge in [0.25, 0.3) is 5.91 Å². The molecule has 28 heavy (non-hydrogen) atoms. The van der Waals surface area contributed by atoms with Crippen LogP contribution in [0.5, 0.6) is 0 Å². The van der Waals surface area contributed by atoms with Crippen LogP contribution in [-0.2, 0) is 16.1 Å². The molecule has 3 fully saturated rings. The third kappa shape index (κ3) is 3.51. The first-order valence-corrected chi connectivity index (χ1v) is 10.1. The van der Waals surface area contributed by atoms with Crippen LogP contribution in [0, 0.1) is 5.92 Å². The minimum Gasteiger partial charge on any atom is -0.336 e. The van der Waals surface area contributed by atoms with Gasteiger partial charge in [0.1, 0.15) is 12.1 Å². The lowest BCUT2D eigenvalue weighted by atomic mass is 9.96. The number of carbonyl (C=O) groups is 3. The molecule has 0 aromatic heterocycles. The molecule has 0 spiro atoms. The Bertz CT molecular complexity index is 779. The summed E-state index contributed by atoms with van der Waals surface area (Å²) in [6, 6.07) is 9.89. The van der Waals surface area contributed by atoms with E-state index in [0.717, 1.165) is 37.4 Å². The van der Waals surface area contributed by atoms with Gasteiger partial charge in [-0.3, -0.25) is 19.4 Å². The lowest BCUT2D eigenvalue weighted by molar-refractivity contribution is -0.141. The number of nitrogens with one attached hydrogen (secondary N) is 1. The molecule has 2 heterocycles. The Balaban J connectivity index is 1.34. The van der Waals surface area contributed by atoms with Gasteiger partial charge in [-0.05, 0) is 38.2 Å². The Morgan fingerprint density at radius 3 is 2.54 bits per heavy atom. The van der Waals surface area contributed by atoms with Gasteiger partial charge in [0, 0.05) is 32.2 Å². The minimum atomic E-state index is -0.836. The van der Waals surface area contributed by atoms with E-state index in [0.29, 0.717) is 6.54 Å². The number of carbonyl (C=O) groups excluding carboxylic acids is 3. The molecule has 1 N–H and O–H groups in total. The largest absolute Gasteiger partial charge is 0.336 e. The van der Waals surface area contributed by atoms with Gasteiger partial charge in [0.2, 0.25) is 5.91 Å². The maximum Gasteiger partial charge on any atom is 0.325 e. The molecule has 2 saturated heterocycles. The molecule has 7 nitrogen and oxygen atoms in total. The monoisotopic (exact) mass is 384 g/mol. The molecule has 2 aliphatic heterocycles. The number of nitrogens with zero attached hydrogens (tertiary/aromatic N) is 3. The van der Waals surface area contributed by atoms with Crippen LogP contribution in [0.4, 0.5) is 4.79 Å². The van der Waals surface area contributed by atoms with Crippen molar-refractivity contribution in [2.24, 2.45) is 5.92 Å². The van der Waals surface area contributed by atoms with Gasteiger partial charge in [-0.1, -0.05) is 30.3 Å². The number of piperazine rings is 1. The van der Waals surface area contributed by atoms with Crippen molar-refractivity contribution in [3.63, 3.8) is 0 Å². The molecular weight excluding hydrogens is 356 g/mol. The molecule has 3 aliphatic rings. The fraction of sp³-hybridized carbons (Fsp3) is 0.571. The second-order valence-corrected chi connectivity index (χ2v) is 8.45. The predicted molar refractivity (Wildman–Crippen MR) is 104 cm³/mol. The molecule has 4 rings (SSSR count). The number of hydrogen-bond donors (Lipinski definition) is 1. The second kappa shape index (κ2) is 7.20. The number of rotatable bonds is 5. The van der Waals surface area contributed by atoms with Gasteiger partial charge in [0.15, 0.2) is 0 Å². The lowest BCUT2D eigenvalue weighted by Crippen LogP contribution is -2.56. The summed E-state index contributed by atoms with van der Waals surface area (Å²) in [5.41, 5.74) is 0.422. The molecule has 7 heteroatoms. The molecule has 1 aliphatic carbocycles. The molecule has 1 aromatic carbocycles. The van der Waals surface area contributed by atoms with Crippen molar-refractivity contribution >= 4 is 17.8 Å². The molecule has 0 radical (unpaired) electrons. The van der Waals surface area contributed by atoms with E-state index in [2.05, 4.69) is 22.3 Å². The third-order valence-electron chi connectivity index (χ3n) is 6.27. The quantitative estimate of drug-likeness (QED) is 0.780. The van der Waals surface area contributed by atoms with Crippen molar-refractivity contribution in [1.29, 1.82) is 0 Å². The number of hydrogen-bond acceptors (Lipinski definition) is 4. The Morgan fingerprint density at radius 1 is 1.18 bits per heavy atom. The highest BCUT2D eigenvalue weighted by atomic mass is 16.2. The summed E-state index contributed by atoms with van der Waals surface area (Å²) in [7, 11) is 0. The average molecular weight is 384 g/mol. The highest BCUT2D eigenvalue weighted by molar-refractivity contribution is 6.09. The smallest absolute Gasteiger partial charge is 0.325 e. The van der Waals surface area contributed by atoms with E-state index in [9.17, 15) is 14.4 Å². The predicted octanol–water partition coefficient (Wildman–Crippen LogP) is 1.44. The van der Waals surface area contributed by atoms with Gasteiger partial charge >= 0.3 is 6.03 Å². The van der Waals surface area contributed by atoms with E-state index >= 15 is 0 Å². The number of amides is 4. The molecular formula is C21H28N4O3. The second-order valence-electron chi connectivity index (χ2n) is 8.45. The lowest BCUT2D eigenvalue weighted by Gasteiger charge is -2.40. The van der Waals surface area contributed by atoms with Crippen LogP contribution >= 0.6 is 0 Å². The Kier molecular flexibility index (Phi) is 4.87. The summed E-state index contributed by atoms with van der Waals surface area (Å²) in [5, 5.41) is 2.80. The van der Waals surface area contributed by atoms with E-state index in [1.165, 1.54) is 5.56 Å². The summed E-state index contributed by atoms with van der Waals surface area (Å²) in [6.07, 6.45) is 1.90. The first-order valence-electron chi connectivity index (χ1n) is 10.1. The maximum absolute atomic E-state index is 12.9. The highest BCUT2D eigenvalue weighted by Crippen LogP contribution is 2.42. The van der Waals surface area contributed by atoms with Crippen LogP contribution in [0.2, 0.25) is 0 Å². The van der Waals surface area contributed by atoms with Gasteiger partial charge < -0.3 is 10.2 Å². The van der Waals surface area contributed by atoms with Crippen molar-refractivity contribution in [3.8, 4) is 0 Å². The van der Waals surface area contributed by atoms with E-state index in [4.69, 9.17) is 0 Å². The first kappa shape index (κ1) is 18.9. The van der Waals surface area contributed by atoms with E-state index in [1.54, 1.807) is 11.8 Å². The van der Waals surface area contributed by atoms with Gasteiger partial charge in [-0.25, -0.2) is 4.79 Å². The highest BCUT2D eigenvalue weighted by Gasteiger charge is 2.56. The van der Waals surface area contributed by atoms with Crippen LogP contribution in [0.3, 0.4) is 0 Å². The topological polar surface area (TPSA) is 73.0 Å². The van der Waals surface area contributed by atoms with Crippen molar-refractivity contribution in [1.82, 2.24) is 20.0 Å². The van der Waals surface area contributed by atoms with E-state index in [1.807, 2.05) is 25.1 Å². The van der Waals surface area contributed by atoms with Crippen LogP contribution in [-0.4, -0.2) is 70.3 Å². The molecule has 150 valence electrons. The van der Waals surface area contributed by atoms with Crippen LogP contribution < -0.4 is 5.32 Å². The van der Waals surface area contributed by atoms with Crippen molar-refractivity contribution in [3.05, 3.63) is 35.9 Å². The summed E-state index contributed by atoms with van der Waals surface area (Å²) in [5.74, 6) is -0.219. The minimum absolute atomic E-state index is 0.0422. The fourth-order valence-electron chi connectivity index (χ4n) is 4.41. The molecule has 4 amide bonds. The Labute approximate surface area is 165 Å². The average Bonchev–Trinajstić information content (AvgIpc) is 3.49. The first-order chi connectivity index (χ1) is 13.4. The van der Waals surface area contributed by atoms with Crippen molar-refractivity contribution in [2.75, 3.05) is 26.2 Å². The molecule has 0 bridgehead atoms. The van der Waals surface area contributed by atoms with Gasteiger partial charge in [-0.15, -0.1) is 0 Å². The fourth-order valence-corrected chi connectivity index (χ4v) is 4.41. The van der Waals surface area contributed by atoms with Crippen molar-refractivity contribution in [2.45, 2.75) is 44.8 Å². The normalized spacial score (nSPS) is 28.6. The SMILES string of the molecule is C[C@@H]1CN(Cc2ccccc2)CCN1C(=O)CN1C(=O)NC(C)(C2CC2)C1=O. The summed E-state index contributed by atoms with van der Waals surface area (Å²) >= 11 is 0. The molecule has 1 aromatic rings. The number of urea groups is 1. The van der Waals surface area contributed by atoms with Crippen LogP contribution in [0.25, 0.3) is 0 Å².